The van der Waals surface area contributed by atoms with Gasteiger partial charge in [0.05, 0.1) is 6.61 Å². The molecule has 0 aromatic heterocycles. The molecule has 5 heteroatoms. The van der Waals surface area contributed by atoms with Crippen LogP contribution in [0.5, 0.6) is 5.75 Å². The molecule has 3 rings (SSSR count). The number of imide groups is 1. The third kappa shape index (κ3) is 2.45. The molecule has 2 aromatic carbocycles. The largest absolute Gasteiger partial charge is 0.493 e. The molecule has 1 heterocycles. The van der Waals surface area contributed by atoms with E-state index in [9.17, 15) is 9.59 Å². The molecule has 21 heavy (non-hydrogen) atoms. The van der Waals surface area contributed by atoms with E-state index in [1.54, 1.807) is 6.08 Å². The number of carbonyl (C=O) groups excluding carboxylic acids is 2. The van der Waals surface area contributed by atoms with Gasteiger partial charge >= 0.3 is 6.03 Å². The van der Waals surface area contributed by atoms with Crippen LogP contribution in [0.3, 0.4) is 0 Å². The lowest BCUT2D eigenvalue weighted by Crippen LogP contribution is -2.22. The van der Waals surface area contributed by atoms with Crippen molar-refractivity contribution in [2.45, 2.75) is 6.92 Å². The molecule has 5 nitrogen and oxygen atoms in total. The molecule has 2 N–H and O–H groups in total. The maximum atomic E-state index is 11.7. The molecule has 1 fully saturated rings. The Balaban J connectivity index is 2.19. The molecule has 2 aromatic rings. The molecule has 0 aliphatic carbocycles. The minimum absolute atomic E-state index is 0.220. The van der Waals surface area contributed by atoms with Crippen LogP contribution in [0.2, 0.25) is 0 Å². The van der Waals surface area contributed by atoms with Crippen molar-refractivity contribution in [2.24, 2.45) is 0 Å². The summed E-state index contributed by atoms with van der Waals surface area (Å²) < 4.78 is 5.63. The topological polar surface area (TPSA) is 67.4 Å². The highest BCUT2D eigenvalue weighted by Crippen LogP contribution is 2.30. The molecule has 0 spiro atoms. The summed E-state index contributed by atoms with van der Waals surface area (Å²) in [5, 5.41) is 6.68. The van der Waals surface area contributed by atoms with Crippen molar-refractivity contribution in [1.29, 1.82) is 0 Å². The van der Waals surface area contributed by atoms with Gasteiger partial charge in [0.15, 0.2) is 0 Å². The van der Waals surface area contributed by atoms with Crippen LogP contribution in [0.25, 0.3) is 16.8 Å². The third-order valence-corrected chi connectivity index (χ3v) is 3.24. The van der Waals surface area contributed by atoms with Crippen molar-refractivity contribution in [3.63, 3.8) is 0 Å². The number of benzene rings is 2. The Kier molecular flexibility index (Phi) is 3.31. The normalized spacial score (nSPS) is 16.1. The summed E-state index contributed by atoms with van der Waals surface area (Å²) in [7, 11) is 0. The Labute approximate surface area is 121 Å². The van der Waals surface area contributed by atoms with Gasteiger partial charge in [-0.25, -0.2) is 4.79 Å². The molecule has 0 atom stereocenters. The van der Waals surface area contributed by atoms with Gasteiger partial charge in [0.25, 0.3) is 5.91 Å². The summed E-state index contributed by atoms with van der Waals surface area (Å²) in [5.41, 5.74) is 1.000. The predicted octanol–water partition coefficient (Wildman–Crippen LogP) is 2.42. The number of fused-ring (bicyclic) bond motifs is 1. The van der Waals surface area contributed by atoms with Gasteiger partial charge in [-0.2, -0.15) is 0 Å². The number of amides is 3. The lowest BCUT2D eigenvalue weighted by Gasteiger charge is -2.11. The van der Waals surface area contributed by atoms with Gasteiger partial charge in [0.2, 0.25) is 0 Å². The van der Waals surface area contributed by atoms with Crippen LogP contribution in [0, 0.1) is 0 Å². The SMILES string of the molecule is CCOc1ccc2ccccc2c1/C=C1/NC(=O)NC1=O. The summed E-state index contributed by atoms with van der Waals surface area (Å²) >= 11 is 0. The Morgan fingerprint density at radius 3 is 2.62 bits per heavy atom. The van der Waals surface area contributed by atoms with Gasteiger partial charge in [0, 0.05) is 5.56 Å². The van der Waals surface area contributed by atoms with E-state index in [4.69, 9.17) is 4.74 Å². The molecule has 0 saturated carbocycles. The maximum absolute atomic E-state index is 11.7. The van der Waals surface area contributed by atoms with Gasteiger partial charge in [-0.05, 0) is 29.8 Å². The van der Waals surface area contributed by atoms with Crippen molar-refractivity contribution in [1.82, 2.24) is 10.6 Å². The van der Waals surface area contributed by atoms with E-state index in [1.165, 1.54) is 0 Å². The van der Waals surface area contributed by atoms with E-state index >= 15 is 0 Å². The van der Waals surface area contributed by atoms with Gasteiger partial charge in [-0.3, -0.25) is 10.1 Å². The summed E-state index contributed by atoms with van der Waals surface area (Å²) in [6.45, 7) is 2.42. The average Bonchev–Trinajstić information content (AvgIpc) is 2.79. The lowest BCUT2D eigenvalue weighted by atomic mass is 10.0. The van der Waals surface area contributed by atoms with E-state index in [1.807, 2.05) is 43.3 Å². The van der Waals surface area contributed by atoms with Gasteiger partial charge in [-0.15, -0.1) is 0 Å². The summed E-state index contributed by atoms with van der Waals surface area (Å²) in [5.74, 6) is 0.244. The third-order valence-electron chi connectivity index (χ3n) is 3.24. The molecular formula is C16H14N2O3. The molecule has 106 valence electrons. The first kappa shape index (κ1) is 13.2. The minimum atomic E-state index is -0.510. The minimum Gasteiger partial charge on any atom is -0.493 e. The van der Waals surface area contributed by atoms with Gasteiger partial charge in [0.1, 0.15) is 11.4 Å². The predicted molar refractivity (Wildman–Crippen MR) is 79.8 cm³/mol. The second kappa shape index (κ2) is 5.28. The van der Waals surface area contributed by atoms with Crippen LogP contribution in [0.1, 0.15) is 12.5 Å². The first-order chi connectivity index (χ1) is 10.2. The van der Waals surface area contributed by atoms with Gasteiger partial charge in [-0.1, -0.05) is 30.3 Å². The highest BCUT2D eigenvalue weighted by molar-refractivity contribution is 6.14. The Morgan fingerprint density at radius 1 is 1.10 bits per heavy atom. The standard InChI is InChI=1S/C16H14N2O3/c1-2-21-14-8-7-10-5-3-4-6-11(10)12(14)9-13-15(19)18-16(20)17-13/h3-9H,2H2,1H3,(H2,17,18,19,20)/b13-9+. The molecular weight excluding hydrogens is 268 g/mol. The number of hydrogen-bond acceptors (Lipinski definition) is 3. The average molecular weight is 282 g/mol. The van der Waals surface area contributed by atoms with E-state index in [0.29, 0.717) is 12.4 Å². The second-order valence-electron chi connectivity index (χ2n) is 4.60. The van der Waals surface area contributed by atoms with Crippen molar-refractivity contribution in [3.8, 4) is 5.75 Å². The zero-order valence-electron chi connectivity index (χ0n) is 11.5. The van der Waals surface area contributed by atoms with Crippen molar-refractivity contribution in [2.75, 3.05) is 6.61 Å². The van der Waals surface area contributed by atoms with Crippen molar-refractivity contribution in [3.05, 3.63) is 47.7 Å². The van der Waals surface area contributed by atoms with Crippen LogP contribution in [0.4, 0.5) is 4.79 Å². The van der Waals surface area contributed by atoms with E-state index in [0.717, 1.165) is 16.3 Å². The van der Waals surface area contributed by atoms with E-state index in [2.05, 4.69) is 10.6 Å². The highest BCUT2D eigenvalue weighted by Gasteiger charge is 2.23. The summed E-state index contributed by atoms with van der Waals surface area (Å²) in [6.07, 6.45) is 1.65. The van der Waals surface area contributed by atoms with E-state index in [-0.39, 0.29) is 5.70 Å². The first-order valence-corrected chi connectivity index (χ1v) is 6.67. The summed E-state index contributed by atoms with van der Waals surface area (Å²) in [6, 6.07) is 11.1. The van der Waals surface area contributed by atoms with Crippen LogP contribution in [-0.2, 0) is 4.79 Å². The molecule has 1 aliphatic rings. The highest BCUT2D eigenvalue weighted by atomic mass is 16.5. The number of nitrogens with one attached hydrogen (secondary N) is 2. The van der Waals surface area contributed by atoms with Crippen LogP contribution in [-0.4, -0.2) is 18.5 Å². The van der Waals surface area contributed by atoms with Crippen LogP contribution in [0.15, 0.2) is 42.1 Å². The van der Waals surface area contributed by atoms with E-state index < -0.39 is 11.9 Å². The number of urea groups is 1. The number of hydrogen-bond donors (Lipinski definition) is 2. The summed E-state index contributed by atoms with van der Waals surface area (Å²) in [4.78, 5) is 22.9. The zero-order valence-corrected chi connectivity index (χ0v) is 11.5. The molecule has 1 aliphatic heterocycles. The molecule has 3 amide bonds. The molecule has 0 bridgehead atoms. The number of rotatable bonds is 3. The first-order valence-electron chi connectivity index (χ1n) is 6.67. The maximum Gasteiger partial charge on any atom is 0.326 e. The fourth-order valence-electron chi connectivity index (χ4n) is 2.33. The van der Waals surface area contributed by atoms with Crippen LogP contribution < -0.4 is 15.4 Å². The number of ether oxygens (including phenoxy) is 1. The second-order valence-corrected chi connectivity index (χ2v) is 4.60. The monoisotopic (exact) mass is 282 g/mol. The molecule has 1 saturated heterocycles. The molecule has 0 radical (unpaired) electrons. The van der Waals surface area contributed by atoms with Crippen molar-refractivity contribution >= 4 is 28.8 Å². The Morgan fingerprint density at radius 2 is 1.90 bits per heavy atom. The smallest absolute Gasteiger partial charge is 0.326 e. The quantitative estimate of drug-likeness (QED) is 0.671. The fraction of sp³-hybridized carbons (Fsp3) is 0.125. The zero-order chi connectivity index (χ0) is 14.8. The van der Waals surface area contributed by atoms with Gasteiger partial charge < -0.3 is 10.1 Å². The van der Waals surface area contributed by atoms with Crippen LogP contribution >= 0.6 is 0 Å². The Bertz CT molecular complexity index is 765. The molecule has 0 unspecified atom stereocenters. The fourth-order valence-corrected chi connectivity index (χ4v) is 2.33. The Hall–Kier alpha value is -2.82. The lowest BCUT2D eigenvalue weighted by molar-refractivity contribution is -0.115. The number of carbonyl (C=O) groups is 2. The van der Waals surface area contributed by atoms with Crippen molar-refractivity contribution < 1.29 is 14.3 Å².